The van der Waals surface area contributed by atoms with E-state index in [2.05, 4.69) is 5.10 Å². The van der Waals surface area contributed by atoms with E-state index in [0.29, 0.717) is 5.92 Å². The maximum Gasteiger partial charge on any atom is 0.276 e. The van der Waals surface area contributed by atoms with Crippen LogP contribution in [0.3, 0.4) is 0 Å². The number of hydrogen-bond donors (Lipinski definition) is 2. The summed E-state index contributed by atoms with van der Waals surface area (Å²) in [6, 6.07) is 0. The molecule has 0 aliphatic heterocycles. The van der Waals surface area contributed by atoms with Crippen LogP contribution < -0.4 is 11.3 Å². The number of hydrogen-bond acceptors (Lipinski definition) is 2. The highest BCUT2D eigenvalue weighted by atomic mass is 32.1. The Balaban J connectivity index is 2.35. The number of nitrogens with zero attached hydrogens (tertiary/aromatic N) is 1. The van der Waals surface area contributed by atoms with Crippen LogP contribution in [0.2, 0.25) is 0 Å². The molecule has 0 amide bonds. The summed E-state index contributed by atoms with van der Waals surface area (Å²) in [5, 5.41) is 2.87. The first kappa shape index (κ1) is 9.45. The Bertz CT molecular complexity index is 400. The zero-order chi connectivity index (χ0) is 10.1. The van der Waals surface area contributed by atoms with Crippen LogP contribution in [0.25, 0.3) is 0 Å². The second-order valence-corrected chi connectivity index (χ2v) is 4.11. The lowest BCUT2D eigenvalue weighted by Crippen LogP contribution is -2.31. The summed E-state index contributed by atoms with van der Waals surface area (Å²) >= 11 is 4.75. The van der Waals surface area contributed by atoms with Gasteiger partial charge in [0.15, 0.2) is 5.11 Å². The molecule has 0 bridgehead atoms. The van der Waals surface area contributed by atoms with Crippen molar-refractivity contribution in [2.24, 2.45) is 5.73 Å². The van der Waals surface area contributed by atoms with Gasteiger partial charge in [0.2, 0.25) is 0 Å². The molecule has 3 N–H and O–H groups in total. The minimum Gasteiger partial charge on any atom is -0.374 e. The minimum atomic E-state index is -0.0793. The Labute approximate surface area is 87.1 Å². The van der Waals surface area contributed by atoms with Gasteiger partial charge in [0, 0.05) is 11.8 Å². The van der Waals surface area contributed by atoms with E-state index in [0.717, 1.165) is 18.4 Å². The van der Waals surface area contributed by atoms with Crippen molar-refractivity contribution in [3.63, 3.8) is 0 Å². The molecule has 1 aliphatic rings. The Morgan fingerprint density at radius 3 is 2.71 bits per heavy atom. The molecular formula is C9H13N3OS. The zero-order valence-corrected chi connectivity index (χ0v) is 8.64. The van der Waals surface area contributed by atoms with Gasteiger partial charge in [0.25, 0.3) is 5.56 Å². The van der Waals surface area contributed by atoms with Crippen LogP contribution in [0.1, 0.15) is 37.2 Å². The number of aromatic amines is 1. The van der Waals surface area contributed by atoms with Crippen LogP contribution in [-0.4, -0.2) is 14.9 Å². The van der Waals surface area contributed by atoms with Crippen LogP contribution in [0, 0.1) is 0 Å². The van der Waals surface area contributed by atoms with E-state index < -0.39 is 0 Å². The molecule has 76 valence electrons. The third-order valence-electron chi connectivity index (χ3n) is 2.81. The molecule has 0 spiro atoms. The van der Waals surface area contributed by atoms with Gasteiger partial charge in [-0.2, -0.15) is 4.68 Å². The van der Waals surface area contributed by atoms with E-state index in [9.17, 15) is 4.79 Å². The van der Waals surface area contributed by atoms with E-state index in [1.165, 1.54) is 17.5 Å². The SMILES string of the molecule is NC(=S)n1[nH]cc(C2CCCC2)c1=O. The number of thiocarbonyl (C=S) groups is 1. The first-order valence-corrected chi connectivity index (χ1v) is 5.21. The molecular weight excluding hydrogens is 198 g/mol. The highest BCUT2D eigenvalue weighted by Gasteiger charge is 2.21. The summed E-state index contributed by atoms with van der Waals surface area (Å²) < 4.78 is 1.23. The average Bonchev–Trinajstić information content (AvgIpc) is 2.71. The molecule has 0 radical (unpaired) electrons. The standard InChI is InChI=1S/C9H13N3OS/c10-9(14)12-8(13)7(5-11-12)6-3-1-2-4-6/h5-6,11H,1-4H2,(H2,10,14). The lowest BCUT2D eigenvalue weighted by atomic mass is 10.0. The summed E-state index contributed by atoms with van der Waals surface area (Å²) in [6.07, 6.45) is 6.36. The van der Waals surface area contributed by atoms with E-state index in [-0.39, 0.29) is 10.7 Å². The Kier molecular flexibility index (Phi) is 2.41. The average molecular weight is 211 g/mol. The molecule has 1 saturated carbocycles. The number of nitrogens with two attached hydrogens (primary N) is 1. The third-order valence-corrected chi connectivity index (χ3v) is 3.00. The Morgan fingerprint density at radius 1 is 1.57 bits per heavy atom. The quantitative estimate of drug-likeness (QED) is 0.679. The van der Waals surface area contributed by atoms with Gasteiger partial charge >= 0.3 is 0 Å². The van der Waals surface area contributed by atoms with Gasteiger partial charge in [0.1, 0.15) is 0 Å². The predicted molar refractivity (Wildman–Crippen MR) is 58.4 cm³/mol. The van der Waals surface area contributed by atoms with E-state index in [1.54, 1.807) is 6.20 Å². The topological polar surface area (TPSA) is 63.8 Å². The summed E-state index contributed by atoms with van der Waals surface area (Å²) in [4.78, 5) is 11.8. The molecule has 0 unspecified atom stereocenters. The van der Waals surface area contributed by atoms with Crippen LogP contribution in [-0.2, 0) is 0 Å². The fourth-order valence-electron chi connectivity index (χ4n) is 2.08. The first-order chi connectivity index (χ1) is 6.70. The van der Waals surface area contributed by atoms with Crippen LogP contribution in [0.4, 0.5) is 0 Å². The number of aromatic nitrogens is 2. The Hall–Kier alpha value is -1.10. The van der Waals surface area contributed by atoms with Crippen LogP contribution >= 0.6 is 12.2 Å². The lowest BCUT2D eigenvalue weighted by molar-refractivity contribution is 0.716. The molecule has 5 heteroatoms. The highest BCUT2D eigenvalue weighted by Crippen LogP contribution is 2.31. The van der Waals surface area contributed by atoms with Gasteiger partial charge in [-0.05, 0) is 31.0 Å². The lowest BCUT2D eigenvalue weighted by Gasteiger charge is -2.02. The number of nitrogens with one attached hydrogen (secondary N) is 1. The van der Waals surface area contributed by atoms with Gasteiger partial charge < -0.3 is 5.73 Å². The highest BCUT2D eigenvalue weighted by molar-refractivity contribution is 7.80. The van der Waals surface area contributed by atoms with Crippen molar-refractivity contribution in [2.45, 2.75) is 31.6 Å². The maximum absolute atomic E-state index is 11.8. The molecule has 0 saturated heterocycles. The first-order valence-electron chi connectivity index (χ1n) is 4.80. The van der Waals surface area contributed by atoms with Gasteiger partial charge in [-0.15, -0.1) is 0 Å². The van der Waals surface area contributed by atoms with Gasteiger partial charge in [-0.3, -0.25) is 9.89 Å². The molecule has 2 rings (SSSR count). The fraction of sp³-hybridized carbons (Fsp3) is 0.556. The molecule has 4 nitrogen and oxygen atoms in total. The fourth-order valence-corrected chi connectivity index (χ4v) is 2.21. The second kappa shape index (κ2) is 3.57. The van der Waals surface area contributed by atoms with Crippen molar-refractivity contribution in [2.75, 3.05) is 0 Å². The minimum absolute atomic E-state index is 0.0793. The van der Waals surface area contributed by atoms with E-state index in [1.807, 2.05) is 0 Å². The van der Waals surface area contributed by atoms with Gasteiger partial charge in [-0.25, -0.2) is 0 Å². The summed E-state index contributed by atoms with van der Waals surface area (Å²) in [5.41, 5.74) is 6.14. The van der Waals surface area contributed by atoms with Crippen molar-refractivity contribution in [1.29, 1.82) is 0 Å². The molecule has 0 aromatic carbocycles. The zero-order valence-electron chi connectivity index (χ0n) is 7.82. The molecule has 1 aromatic rings. The van der Waals surface area contributed by atoms with Crippen molar-refractivity contribution in [3.8, 4) is 0 Å². The summed E-state index contributed by atoms with van der Waals surface area (Å²) in [7, 11) is 0. The van der Waals surface area contributed by atoms with Crippen molar-refractivity contribution < 1.29 is 0 Å². The second-order valence-electron chi connectivity index (χ2n) is 3.69. The van der Waals surface area contributed by atoms with Crippen LogP contribution in [0.5, 0.6) is 0 Å². The number of H-pyrrole nitrogens is 1. The van der Waals surface area contributed by atoms with Crippen molar-refractivity contribution in [1.82, 2.24) is 9.78 Å². The normalized spacial score (nSPS) is 17.4. The molecule has 1 aliphatic carbocycles. The van der Waals surface area contributed by atoms with Crippen molar-refractivity contribution in [3.05, 3.63) is 22.1 Å². The Morgan fingerprint density at radius 2 is 2.21 bits per heavy atom. The van der Waals surface area contributed by atoms with Gasteiger partial charge in [-0.1, -0.05) is 12.8 Å². The van der Waals surface area contributed by atoms with E-state index >= 15 is 0 Å². The van der Waals surface area contributed by atoms with Crippen molar-refractivity contribution >= 4 is 17.3 Å². The largest absolute Gasteiger partial charge is 0.374 e. The summed E-state index contributed by atoms with van der Waals surface area (Å²) in [5.74, 6) is 0.398. The molecule has 1 fully saturated rings. The molecule has 1 heterocycles. The molecule has 14 heavy (non-hydrogen) atoms. The monoisotopic (exact) mass is 211 g/mol. The molecule has 0 atom stereocenters. The predicted octanol–water partition coefficient (Wildman–Crippen LogP) is 0.926. The maximum atomic E-state index is 11.8. The smallest absolute Gasteiger partial charge is 0.276 e. The third kappa shape index (κ3) is 1.48. The van der Waals surface area contributed by atoms with Gasteiger partial charge in [0.05, 0.1) is 0 Å². The van der Waals surface area contributed by atoms with Crippen LogP contribution in [0.15, 0.2) is 11.0 Å². The summed E-state index contributed by atoms with van der Waals surface area (Å²) in [6.45, 7) is 0. The molecule has 1 aromatic heterocycles. The number of rotatable bonds is 1. The van der Waals surface area contributed by atoms with E-state index in [4.69, 9.17) is 18.0 Å².